The number of rotatable bonds is 6. The predicted octanol–water partition coefficient (Wildman–Crippen LogP) is 3.78. The van der Waals surface area contributed by atoms with Gasteiger partial charge in [-0.15, -0.1) is 0 Å². The smallest absolute Gasteiger partial charge is 0.0642 e. The first-order valence-corrected chi connectivity index (χ1v) is 8.55. The van der Waals surface area contributed by atoms with Gasteiger partial charge in [0.1, 0.15) is 0 Å². The van der Waals surface area contributed by atoms with E-state index in [1.807, 2.05) is 11.8 Å². The average molecular weight is 299 g/mol. The van der Waals surface area contributed by atoms with Gasteiger partial charge >= 0.3 is 0 Å². The van der Waals surface area contributed by atoms with Crippen LogP contribution in [0.3, 0.4) is 0 Å². The molecule has 0 bridgehead atoms. The standard InChI is InChI=1S/C15H23ClN2S/c1-3-7-17-10-12-4-5-15(14(16)9-12)18(2)13-6-8-19-11-13/h4-5,9,13,17H,3,6-8,10-11H2,1-2H3. The first-order valence-electron chi connectivity index (χ1n) is 7.02. The molecule has 1 atom stereocenters. The summed E-state index contributed by atoms with van der Waals surface area (Å²) in [5.41, 5.74) is 2.42. The van der Waals surface area contributed by atoms with E-state index in [0.717, 1.165) is 30.2 Å². The van der Waals surface area contributed by atoms with Gasteiger partial charge in [0.25, 0.3) is 0 Å². The van der Waals surface area contributed by atoms with E-state index in [0.29, 0.717) is 6.04 Å². The molecule has 1 aromatic rings. The Morgan fingerprint density at radius 2 is 2.32 bits per heavy atom. The highest BCUT2D eigenvalue weighted by atomic mass is 35.5. The number of thioether (sulfide) groups is 1. The summed E-state index contributed by atoms with van der Waals surface area (Å²) >= 11 is 8.47. The van der Waals surface area contributed by atoms with Crippen LogP contribution in [0.5, 0.6) is 0 Å². The summed E-state index contributed by atoms with van der Waals surface area (Å²) in [6.07, 6.45) is 2.42. The third-order valence-corrected chi connectivity index (χ3v) is 5.05. The minimum absolute atomic E-state index is 0.631. The fourth-order valence-electron chi connectivity index (χ4n) is 2.38. The van der Waals surface area contributed by atoms with Crippen molar-refractivity contribution in [3.05, 3.63) is 28.8 Å². The van der Waals surface area contributed by atoms with Crippen molar-refractivity contribution in [2.75, 3.05) is 30.0 Å². The second kappa shape index (κ2) is 7.41. The number of hydrogen-bond donors (Lipinski definition) is 1. The van der Waals surface area contributed by atoms with Crippen molar-refractivity contribution in [3.63, 3.8) is 0 Å². The van der Waals surface area contributed by atoms with E-state index in [1.54, 1.807) is 0 Å². The lowest BCUT2D eigenvalue weighted by atomic mass is 10.1. The second-order valence-corrected chi connectivity index (χ2v) is 6.65. The molecule has 0 radical (unpaired) electrons. The number of anilines is 1. The molecular weight excluding hydrogens is 276 g/mol. The zero-order chi connectivity index (χ0) is 13.7. The zero-order valence-corrected chi connectivity index (χ0v) is 13.4. The summed E-state index contributed by atoms with van der Waals surface area (Å²) in [5, 5.41) is 4.28. The van der Waals surface area contributed by atoms with Gasteiger partial charge in [-0.25, -0.2) is 0 Å². The summed E-state index contributed by atoms with van der Waals surface area (Å²) in [7, 11) is 2.16. The van der Waals surface area contributed by atoms with Gasteiger partial charge in [0, 0.05) is 25.4 Å². The van der Waals surface area contributed by atoms with Crippen LogP contribution in [0.2, 0.25) is 5.02 Å². The fourth-order valence-corrected chi connectivity index (χ4v) is 3.98. The van der Waals surface area contributed by atoms with Crippen LogP contribution < -0.4 is 10.2 Å². The molecule has 0 saturated carbocycles. The number of benzene rings is 1. The topological polar surface area (TPSA) is 15.3 Å². The molecule has 1 aliphatic heterocycles. The molecule has 1 unspecified atom stereocenters. The fraction of sp³-hybridized carbons (Fsp3) is 0.600. The van der Waals surface area contributed by atoms with Crippen LogP contribution in [0.1, 0.15) is 25.3 Å². The van der Waals surface area contributed by atoms with Crippen molar-refractivity contribution in [1.82, 2.24) is 5.32 Å². The Hall–Kier alpha value is -0.380. The molecule has 0 aromatic heterocycles. The minimum atomic E-state index is 0.631. The lowest BCUT2D eigenvalue weighted by Crippen LogP contribution is -2.31. The van der Waals surface area contributed by atoms with Crippen molar-refractivity contribution in [1.29, 1.82) is 0 Å². The monoisotopic (exact) mass is 298 g/mol. The maximum atomic E-state index is 6.44. The highest BCUT2D eigenvalue weighted by Crippen LogP contribution is 2.31. The Morgan fingerprint density at radius 3 is 2.95 bits per heavy atom. The number of hydrogen-bond acceptors (Lipinski definition) is 3. The lowest BCUT2D eigenvalue weighted by Gasteiger charge is -2.27. The van der Waals surface area contributed by atoms with E-state index in [4.69, 9.17) is 11.6 Å². The Balaban J connectivity index is 2.01. The van der Waals surface area contributed by atoms with E-state index in [9.17, 15) is 0 Å². The van der Waals surface area contributed by atoms with Crippen molar-refractivity contribution in [2.24, 2.45) is 0 Å². The van der Waals surface area contributed by atoms with Crippen molar-refractivity contribution in [3.8, 4) is 0 Å². The van der Waals surface area contributed by atoms with Crippen LogP contribution >= 0.6 is 23.4 Å². The summed E-state index contributed by atoms with van der Waals surface area (Å²) in [4.78, 5) is 2.34. The predicted molar refractivity (Wildman–Crippen MR) is 87.6 cm³/mol. The highest BCUT2D eigenvalue weighted by molar-refractivity contribution is 7.99. The number of halogens is 1. The van der Waals surface area contributed by atoms with Crippen LogP contribution in [0.4, 0.5) is 5.69 Å². The molecule has 1 fully saturated rings. The van der Waals surface area contributed by atoms with E-state index in [2.05, 4.69) is 42.4 Å². The lowest BCUT2D eigenvalue weighted by molar-refractivity contribution is 0.674. The summed E-state index contributed by atoms with van der Waals surface area (Å²) in [6.45, 7) is 4.13. The molecule has 1 N–H and O–H groups in total. The molecule has 0 aliphatic carbocycles. The van der Waals surface area contributed by atoms with Gasteiger partial charge in [-0.3, -0.25) is 0 Å². The van der Waals surface area contributed by atoms with E-state index < -0.39 is 0 Å². The Labute approximate surface area is 125 Å². The van der Waals surface area contributed by atoms with Gasteiger partial charge in [-0.1, -0.05) is 24.6 Å². The van der Waals surface area contributed by atoms with Gasteiger partial charge in [0.15, 0.2) is 0 Å². The van der Waals surface area contributed by atoms with Gasteiger partial charge in [-0.05, 0) is 42.8 Å². The van der Waals surface area contributed by atoms with Gasteiger partial charge < -0.3 is 10.2 Å². The van der Waals surface area contributed by atoms with E-state index in [1.165, 1.54) is 23.5 Å². The van der Waals surface area contributed by atoms with Crippen LogP contribution in [-0.4, -0.2) is 31.1 Å². The van der Waals surface area contributed by atoms with Crippen LogP contribution in [0.25, 0.3) is 0 Å². The molecule has 19 heavy (non-hydrogen) atoms. The first kappa shape index (κ1) is 15.0. The molecule has 2 nitrogen and oxygen atoms in total. The maximum absolute atomic E-state index is 6.44. The molecule has 4 heteroatoms. The Bertz CT molecular complexity index is 405. The molecule has 0 spiro atoms. The van der Waals surface area contributed by atoms with Crippen molar-refractivity contribution >= 4 is 29.1 Å². The molecule has 0 amide bonds. The van der Waals surface area contributed by atoms with Gasteiger partial charge in [0.05, 0.1) is 10.7 Å². The average Bonchev–Trinajstić information content (AvgIpc) is 2.92. The second-order valence-electron chi connectivity index (χ2n) is 5.09. The number of nitrogens with zero attached hydrogens (tertiary/aromatic N) is 1. The third-order valence-electron chi connectivity index (χ3n) is 3.60. The quantitative estimate of drug-likeness (QED) is 0.805. The first-order chi connectivity index (χ1) is 9.22. The molecule has 2 rings (SSSR count). The molecule has 1 saturated heterocycles. The summed E-state index contributed by atoms with van der Waals surface area (Å²) in [5.74, 6) is 2.48. The number of nitrogens with one attached hydrogen (secondary N) is 1. The van der Waals surface area contributed by atoms with Crippen molar-refractivity contribution < 1.29 is 0 Å². The van der Waals surface area contributed by atoms with Crippen LogP contribution in [-0.2, 0) is 6.54 Å². The SMILES string of the molecule is CCCNCc1ccc(N(C)C2CCSC2)c(Cl)c1. The molecule has 1 heterocycles. The normalized spacial score (nSPS) is 18.8. The zero-order valence-electron chi connectivity index (χ0n) is 11.8. The largest absolute Gasteiger partial charge is 0.370 e. The van der Waals surface area contributed by atoms with Crippen LogP contribution in [0.15, 0.2) is 18.2 Å². The summed E-state index contributed by atoms with van der Waals surface area (Å²) < 4.78 is 0. The minimum Gasteiger partial charge on any atom is -0.370 e. The van der Waals surface area contributed by atoms with Crippen molar-refractivity contribution in [2.45, 2.75) is 32.4 Å². The summed E-state index contributed by atoms with van der Waals surface area (Å²) in [6, 6.07) is 7.07. The Morgan fingerprint density at radius 1 is 1.47 bits per heavy atom. The van der Waals surface area contributed by atoms with E-state index >= 15 is 0 Å². The van der Waals surface area contributed by atoms with Gasteiger partial charge in [0.2, 0.25) is 0 Å². The Kier molecular flexibility index (Phi) is 5.86. The molecule has 1 aliphatic rings. The third kappa shape index (κ3) is 4.04. The maximum Gasteiger partial charge on any atom is 0.0642 e. The molecule has 106 valence electrons. The van der Waals surface area contributed by atoms with Gasteiger partial charge in [-0.2, -0.15) is 11.8 Å². The van der Waals surface area contributed by atoms with E-state index in [-0.39, 0.29) is 0 Å². The molecule has 1 aromatic carbocycles. The highest BCUT2D eigenvalue weighted by Gasteiger charge is 2.21. The van der Waals surface area contributed by atoms with Crippen LogP contribution in [0, 0.1) is 0 Å². The molecular formula is C15H23ClN2S.